The molecule has 3 nitrogen and oxygen atoms in total. The lowest BCUT2D eigenvalue weighted by atomic mass is 10.3. The van der Waals surface area contributed by atoms with E-state index in [4.69, 9.17) is 5.11 Å². The summed E-state index contributed by atoms with van der Waals surface area (Å²) in [5.74, 6) is 0. The highest BCUT2D eigenvalue weighted by molar-refractivity contribution is 5.34. The van der Waals surface area contributed by atoms with Crippen molar-refractivity contribution in [3.05, 3.63) is 6.92 Å². The Bertz CT molecular complexity index is 96.7. The maximum absolute atomic E-state index is 9.33. The van der Waals surface area contributed by atoms with Gasteiger partial charge in [0.25, 0.3) is 0 Å². The third-order valence-electron chi connectivity index (χ3n) is 0.287. The fourth-order valence-electron chi connectivity index (χ4n) is 0.0983. The summed E-state index contributed by atoms with van der Waals surface area (Å²) < 4.78 is 0. The van der Waals surface area contributed by atoms with Crippen LogP contribution in [-0.2, 0) is 4.79 Å². The number of hydrogen-bond donors (Lipinski definition) is 1. The van der Waals surface area contributed by atoms with Crippen LogP contribution in [0.1, 0.15) is 6.92 Å². The van der Waals surface area contributed by atoms with Crippen LogP contribution in [0.2, 0.25) is 0 Å². The minimum absolute atomic E-state index is 1.17. The summed E-state index contributed by atoms with van der Waals surface area (Å²) >= 11 is 0. The first-order valence-corrected chi connectivity index (χ1v) is 1.73. The van der Waals surface area contributed by atoms with E-state index in [2.05, 4.69) is 11.9 Å². The molecular formula is C4H6NO2. The number of rotatable bonds is 1. The molecule has 0 rings (SSSR count). The monoisotopic (exact) mass is 100 g/mol. The Morgan fingerprint density at radius 2 is 2.43 bits per heavy atom. The molecule has 1 N–H and O–H groups in total. The Hall–Kier alpha value is -0.660. The van der Waals surface area contributed by atoms with Gasteiger partial charge in [-0.1, -0.05) is 0 Å². The van der Waals surface area contributed by atoms with Crippen LogP contribution < -0.4 is 0 Å². The Morgan fingerprint density at radius 1 is 2.00 bits per heavy atom. The largest absolute Gasteiger partial charge is 0.369 e. The quantitative estimate of drug-likeness (QED) is 0.368. The first kappa shape index (κ1) is 6.34. The summed E-state index contributed by atoms with van der Waals surface area (Å²) in [5, 5.41) is 8.48. The van der Waals surface area contributed by atoms with Gasteiger partial charge in [-0.3, -0.25) is 0 Å². The lowest BCUT2D eigenvalue weighted by Crippen LogP contribution is -2.13. The number of carbonyl (C=O) groups excluding carboxylic acids is 1. The highest BCUT2D eigenvalue weighted by atomic mass is 16.3. The lowest BCUT2D eigenvalue weighted by molar-refractivity contribution is 0.119. The van der Waals surface area contributed by atoms with Crippen molar-refractivity contribution < 1.29 is 9.90 Å². The molecule has 0 aromatic carbocycles. The summed E-state index contributed by atoms with van der Waals surface area (Å²) in [6, 6.07) is 0. The summed E-state index contributed by atoms with van der Waals surface area (Å²) in [6.45, 7) is 4.38. The van der Waals surface area contributed by atoms with E-state index in [-0.39, 0.29) is 0 Å². The summed E-state index contributed by atoms with van der Waals surface area (Å²) in [6.07, 6.45) is 1.17. The number of hydrogen-bond acceptors (Lipinski definition) is 3. The molecule has 0 saturated heterocycles. The molecular weight excluding hydrogens is 94.0 g/mol. The molecule has 0 aliphatic heterocycles. The molecule has 0 saturated carbocycles. The number of nitrogens with zero attached hydrogens (tertiary/aromatic N) is 1. The third kappa shape index (κ3) is 5.34. The molecule has 1 unspecified atom stereocenters. The summed E-state index contributed by atoms with van der Waals surface area (Å²) in [5.41, 5.74) is -1.50. The molecule has 0 aromatic rings. The van der Waals surface area contributed by atoms with Gasteiger partial charge in [-0.25, -0.2) is 4.79 Å². The Balaban J connectivity index is 3.80. The molecule has 7 heavy (non-hydrogen) atoms. The van der Waals surface area contributed by atoms with Crippen molar-refractivity contribution in [3.8, 4) is 0 Å². The van der Waals surface area contributed by atoms with E-state index in [0.29, 0.717) is 0 Å². The molecule has 0 bridgehead atoms. The van der Waals surface area contributed by atoms with Gasteiger partial charge in [0.1, 0.15) is 0 Å². The second-order valence-electron chi connectivity index (χ2n) is 1.42. The van der Waals surface area contributed by atoms with Gasteiger partial charge in [0.2, 0.25) is 6.08 Å². The molecule has 39 valence electrons. The fourth-order valence-corrected chi connectivity index (χ4v) is 0.0983. The maximum Gasteiger partial charge on any atom is 0.237 e. The molecule has 1 radical (unpaired) electrons. The second kappa shape index (κ2) is 1.87. The average Bonchev–Trinajstić information content (AvgIpc) is 1.30. The van der Waals surface area contributed by atoms with Crippen LogP contribution in [0.3, 0.4) is 0 Å². The van der Waals surface area contributed by atoms with Gasteiger partial charge in [0.05, 0.1) is 0 Å². The molecule has 1 atom stereocenters. The topological polar surface area (TPSA) is 49.7 Å². The van der Waals surface area contributed by atoms with E-state index in [1.807, 2.05) is 0 Å². The van der Waals surface area contributed by atoms with Crippen molar-refractivity contribution in [3.63, 3.8) is 0 Å². The first-order valence-electron chi connectivity index (χ1n) is 1.73. The van der Waals surface area contributed by atoms with E-state index in [1.165, 1.54) is 13.0 Å². The lowest BCUT2D eigenvalue weighted by Gasteiger charge is -2.04. The highest BCUT2D eigenvalue weighted by Gasteiger charge is 2.06. The van der Waals surface area contributed by atoms with E-state index < -0.39 is 5.72 Å². The molecule has 0 spiro atoms. The van der Waals surface area contributed by atoms with Crippen molar-refractivity contribution in [1.29, 1.82) is 0 Å². The van der Waals surface area contributed by atoms with E-state index in [9.17, 15) is 4.79 Å². The number of isocyanates is 1. The van der Waals surface area contributed by atoms with E-state index >= 15 is 0 Å². The van der Waals surface area contributed by atoms with Gasteiger partial charge < -0.3 is 5.11 Å². The van der Waals surface area contributed by atoms with Crippen molar-refractivity contribution in [1.82, 2.24) is 0 Å². The van der Waals surface area contributed by atoms with Crippen molar-refractivity contribution in [2.75, 3.05) is 0 Å². The van der Waals surface area contributed by atoms with Crippen LogP contribution in [0.4, 0.5) is 0 Å². The number of aliphatic imine (C=N–C) groups is 1. The Kier molecular flexibility index (Phi) is 1.69. The van der Waals surface area contributed by atoms with Crippen LogP contribution in [0.5, 0.6) is 0 Å². The molecule has 0 aliphatic carbocycles. The van der Waals surface area contributed by atoms with Crippen LogP contribution in [-0.4, -0.2) is 16.9 Å². The third-order valence-corrected chi connectivity index (χ3v) is 0.287. The minimum atomic E-state index is -1.50. The molecule has 0 fully saturated rings. The zero-order chi connectivity index (χ0) is 5.91. The van der Waals surface area contributed by atoms with E-state index in [0.717, 1.165) is 0 Å². The Morgan fingerprint density at radius 3 is 2.43 bits per heavy atom. The van der Waals surface area contributed by atoms with Crippen molar-refractivity contribution in [2.24, 2.45) is 4.99 Å². The zero-order valence-electron chi connectivity index (χ0n) is 4.01. The minimum Gasteiger partial charge on any atom is -0.369 e. The maximum atomic E-state index is 9.33. The van der Waals surface area contributed by atoms with Crippen LogP contribution in [0, 0.1) is 6.92 Å². The fraction of sp³-hybridized carbons (Fsp3) is 0.500. The van der Waals surface area contributed by atoms with Gasteiger partial charge >= 0.3 is 0 Å². The second-order valence-corrected chi connectivity index (χ2v) is 1.42. The van der Waals surface area contributed by atoms with Crippen LogP contribution in [0.25, 0.3) is 0 Å². The van der Waals surface area contributed by atoms with Crippen LogP contribution in [0.15, 0.2) is 4.99 Å². The molecule has 3 heteroatoms. The smallest absolute Gasteiger partial charge is 0.237 e. The predicted octanol–water partition coefficient (Wildman–Crippen LogP) is -0.135. The normalized spacial score (nSPS) is 10.1. The van der Waals surface area contributed by atoms with Crippen molar-refractivity contribution in [2.45, 2.75) is 12.6 Å². The standard InChI is InChI=1S/C4H6NO2/c1-4(2,7)5-3-6/h7H,1H2,2H3. The van der Waals surface area contributed by atoms with Gasteiger partial charge in [-0.2, -0.15) is 4.99 Å². The number of aliphatic hydroxyl groups is 1. The summed E-state index contributed by atoms with van der Waals surface area (Å²) in [4.78, 5) is 12.2. The zero-order valence-corrected chi connectivity index (χ0v) is 4.01. The van der Waals surface area contributed by atoms with Crippen LogP contribution >= 0.6 is 0 Å². The molecule has 0 aromatic heterocycles. The average molecular weight is 100 g/mol. The van der Waals surface area contributed by atoms with Gasteiger partial charge in [0, 0.05) is 6.92 Å². The highest BCUT2D eigenvalue weighted by Crippen LogP contribution is 1.97. The first-order chi connectivity index (χ1) is 3.06. The molecule has 0 heterocycles. The molecule has 0 amide bonds. The van der Waals surface area contributed by atoms with Crippen molar-refractivity contribution >= 4 is 6.08 Å². The SMILES string of the molecule is [CH2]C(C)(O)N=C=O. The van der Waals surface area contributed by atoms with E-state index in [1.54, 1.807) is 0 Å². The predicted molar refractivity (Wildman–Crippen MR) is 24.1 cm³/mol. The summed E-state index contributed by atoms with van der Waals surface area (Å²) in [7, 11) is 0. The van der Waals surface area contributed by atoms with Gasteiger partial charge in [-0.05, 0) is 6.92 Å². The molecule has 0 aliphatic rings. The Labute approximate surface area is 41.7 Å². The van der Waals surface area contributed by atoms with Gasteiger partial charge in [-0.15, -0.1) is 0 Å². The van der Waals surface area contributed by atoms with Gasteiger partial charge in [0.15, 0.2) is 5.72 Å².